The first-order valence-electron chi connectivity index (χ1n) is 5.87. The van der Waals surface area contributed by atoms with Gasteiger partial charge in [-0.2, -0.15) is 4.80 Å². The molecule has 0 amide bonds. The van der Waals surface area contributed by atoms with E-state index in [1.54, 1.807) is 11.9 Å². The maximum Gasteiger partial charge on any atom is 0.208 e. The van der Waals surface area contributed by atoms with Crippen molar-refractivity contribution in [3.8, 4) is 17.1 Å². The molecule has 0 unspecified atom stereocenters. The summed E-state index contributed by atoms with van der Waals surface area (Å²) in [5.41, 5.74) is 1.83. The summed E-state index contributed by atoms with van der Waals surface area (Å²) in [7, 11) is 1.64. The third kappa shape index (κ3) is 2.34. The maximum atomic E-state index is 5.33. The molecule has 0 saturated carbocycles. The molecule has 1 aromatic heterocycles. The van der Waals surface area contributed by atoms with E-state index in [0.717, 1.165) is 16.9 Å². The number of methoxy groups -OCH3 is 1. The summed E-state index contributed by atoms with van der Waals surface area (Å²) in [5, 5.41) is 12.6. The fourth-order valence-electron chi connectivity index (χ4n) is 1.60. The van der Waals surface area contributed by atoms with Gasteiger partial charge < -0.3 is 4.74 Å². The maximum absolute atomic E-state index is 5.33. The van der Waals surface area contributed by atoms with E-state index < -0.39 is 0 Å². The van der Waals surface area contributed by atoms with Crippen LogP contribution in [-0.4, -0.2) is 27.3 Å². The minimum Gasteiger partial charge on any atom is -0.496 e. The van der Waals surface area contributed by atoms with Crippen molar-refractivity contribution in [1.82, 2.24) is 20.2 Å². The number of nitrogens with zero attached hydrogens (tertiary/aromatic N) is 4. The highest BCUT2D eigenvalue weighted by Gasteiger charge is 2.19. The van der Waals surface area contributed by atoms with Gasteiger partial charge in [-0.15, -0.1) is 10.2 Å². The van der Waals surface area contributed by atoms with E-state index in [-0.39, 0.29) is 5.54 Å². The number of aromatic nitrogens is 4. The summed E-state index contributed by atoms with van der Waals surface area (Å²) in [6.45, 7) is 8.13. The molecule has 5 nitrogen and oxygen atoms in total. The Labute approximate surface area is 107 Å². The van der Waals surface area contributed by atoms with Crippen molar-refractivity contribution in [2.45, 2.75) is 33.2 Å². The Morgan fingerprint density at radius 1 is 1.22 bits per heavy atom. The van der Waals surface area contributed by atoms with E-state index in [1.165, 1.54) is 0 Å². The SMILES string of the molecule is COc1ccc(C)cc1-c1nnn(C(C)(C)C)n1. The van der Waals surface area contributed by atoms with Crippen LogP contribution in [0, 0.1) is 6.92 Å². The third-order valence-electron chi connectivity index (χ3n) is 2.61. The van der Waals surface area contributed by atoms with Crippen molar-refractivity contribution in [3.63, 3.8) is 0 Å². The molecule has 18 heavy (non-hydrogen) atoms. The lowest BCUT2D eigenvalue weighted by Crippen LogP contribution is -2.24. The predicted octanol–water partition coefficient (Wildman–Crippen LogP) is 2.41. The van der Waals surface area contributed by atoms with E-state index in [1.807, 2.05) is 45.9 Å². The first-order chi connectivity index (χ1) is 8.41. The van der Waals surface area contributed by atoms with Crippen LogP contribution in [0.4, 0.5) is 0 Å². The topological polar surface area (TPSA) is 52.8 Å². The fraction of sp³-hybridized carbons (Fsp3) is 0.462. The van der Waals surface area contributed by atoms with Gasteiger partial charge in [0.15, 0.2) is 0 Å². The highest BCUT2D eigenvalue weighted by atomic mass is 16.5. The zero-order chi connectivity index (χ0) is 13.3. The van der Waals surface area contributed by atoms with Gasteiger partial charge in [0.05, 0.1) is 18.2 Å². The van der Waals surface area contributed by atoms with E-state index >= 15 is 0 Å². The van der Waals surface area contributed by atoms with Gasteiger partial charge in [0.2, 0.25) is 5.82 Å². The van der Waals surface area contributed by atoms with Crippen LogP contribution in [0.15, 0.2) is 18.2 Å². The molecule has 2 aromatic rings. The van der Waals surface area contributed by atoms with Crippen molar-refractivity contribution in [2.75, 3.05) is 7.11 Å². The molecule has 1 aromatic carbocycles. The van der Waals surface area contributed by atoms with Crippen molar-refractivity contribution in [3.05, 3.63) is 23.8 Å². The van der Waals surface area contributed by atoms with Crippen molar-refractivity contribution >= 4 is 0 Å². The lowest BCUT2D eigenvalue weighted by atomic mass is 10.1. The number of hydrogen-bond acceptors (Lipinski definition) is 4. The molecule has 0 fully saturated rings. The normalized spacial score (nSPS) is 11.6. The van der Waals surface area contributed by atoms with Crippen LogP contribution in [0.5, 0.6) is 5.75 Å². The second-order valence-corrected chi connectivity index (χ2v) is 5.28. The minimum absolute atomic E-state index is 0.178. The summed E-state index contributed by atoms with van der Waals surface area (Å²) in [5.74, 6) is 1.35. The van der Waals surface area contributed by atoms with Crippen molar-refractivity contribution in [1.29, 1.82) is 0 Å². The molecule has 0 aliphatic heterocycles. The third-order valence-corrected chi connectivity index (χ3v) is 2.61. The van der Waals surface area contributed by atoms with Gasteiger partial charge in [-0.25, -0.2) is 0 Å². The molecule has 0 bridgehead atoms. The summed E-state index contributed by atoms with van der Waals surface area (Å²) in [6.07, 6.45) is 0. The minimum atomic E-state index is -0.178. The number of aryl methyl sites for hydroxylation is 1. The number of rotatable bonds is 2. The molecular weight excluding hydrogens is 228 g/mol. The van der Waals surface area contributed by atoms with Gasteiger partial charge in [0.1, 0.15) is 5.75 Å². The molecule has 0 atom stereocenters. The largest absolute Gasteiger partial charge is 0.496 e. The Hall–Kier alpha value is -1.91. The molecule has 1 heterocycles. The average Bonchev–Trinajstić information content (AvgIpc) is 2.77. The Balaban J connectivity index is 2.49. The van der Waals surface area contributed by atoms with Crippen LogP contribution in [0.2, 0.25) is 0 Å². The van der Waals surface area contributed by atoms with E-state index in [9.17, 15) is 0 Å². The van der Waals surface area contributed by atoms with Gasteiger partial charge >= 0.3 is 0 Å². The fourth-order valence-corrected chi connectivity index (χ4v) is 1.60. The molecule has 0 radical (unpaired) electrons. The van der Waals surface area contributed by atoms with Crippen LogP contribution < -0.4 is 4.74 Å². The number of benzene rings is 1. The van der Waals surface area contributed by atoms with Gasteiger partial charge in [0.25, 0.3) is 0 Å². The Morgan fingerprint density at radius 3 is 2.50 bits per heavy atom. The number of hydrogen-bond donors (Lipinski definition) is 0. The standard InChI is InChI=1S/C13H18N4O/c1-9-6-7-11(18-5)10(8-9)12-14-16-17(15-12)13(2,3)4/h6-8H,1-5H3. The number of tetrazole rings is 1. The zero-order valence-corrected chi connectivity index (χ0v) is 11.4. The van der Waals surface area contributed by atoms with Crippen LogP contribution >= 0.6 is 0 Å². The molecule has 0 aliphatic carbocycles. The molecular formula is C13H18N4O. The molecule has 0 N–H and O–H groups in total. The summed E-state index contributed by atoms with van der Waals surface area (Å²) in [4.78, 5) is 1.62. The van der Waals surface area contributed by atoms with Crippen molar-refractivity contribution in [2.24, 2.45) is 0 Å². The van der Waals surface area contributed by atoms with E-state index in [2.05, 4.69) is 15.4 Å². The van der Waals surface area contributed by atoms with Crippen LogP contribution in [0.3, 0.4) is 0 Å². The van der Waals surface area contributed by atoms with E-state index in [4.69, 9.17) is 4.74 Å². The smallest absolute Gasteiger partial charge is 0.208 e. The predicted molar refractivity (Wildman–Crippen MR) is 69.5 cm³/mol. The van der Waals surface area contributed by atoms with Gasteiger partial charge in [-0.1, -0.05) is 11.6 Å². The molecule has 0 aliphatic rings. The number of ether oxygens (including phenoxy) is 1. The van der Waals surface area contributed by atoms with Gasteiger partial charge in [-0.05, 0) is 45.0 Å². The van der Waals surface area contributed by atoms with Gasteiger partial charge in [0, 0.05) is 0 Å². The molecule has 2 rings (SSSR count). The molecule has 5 heteroatoms. The summed E-state index contributed by atoms with van der Waals surface area (Å²) < 4.78 is 5.33. The van der Waals surface area contributed by atoms with Crippen LogP contribution in [0.1, 0.15) is 26.3 Å². The van der Waals surface area contributed by atoms with Crippen LogP contribution in [0.25, 0.3) is 11.4 Å². The zero-order valence-electron chi connectivity index (χ0n) is 11.4. The monoisotopic (exact) mass is 246 g/mol. The molecule has 96 valence electrons. The Kier molecular flexibility index (Phi) is 3.07. The molecule has 0 saturated heterocycles. The quantitative estimate of drug-likeness (QED) is 0.816. The second kappa shape index (κ2) is 4.40. The van der Waals surface area contributed by atoms with Crippen molar-refractivity contribution < 1.29 is 4.74 Å². The first kappa shape index (κ1) is 12.5. The van der Waals surface area contributed by atoms with E-state index in [0.29, 0.717) is 5.82 Å². The summed E-state index contributed by atoms with van der Waals surface area (Å²) in [6, 6.07) is 5.92. The summed E-state index contributed by atoms with van der Waals surface area (Å²) >= 11 is 0. The lowest BCUT2D eigenvalue weighted by molar-refractivity contribution is 0.306. The Morgan fingerprint density at radius 2 is 1.94 bits per heavy atom. The first-order valence-corrected chi connectivity index (χ1v) is 5.87. The average molecular weight is 246 g/mol. The lowest BCUT2D eigenvalue weighted by Gasteiger charge is -2.15. The highest BCUT2D eigenvalue weighted by molar-refractivity contribution is 5.64. The Bertz CT molecular complexity index is 554. The van der Waals surface area contributed by atoms with Gasteiger partial charge in [-0.3, -0.25) is 0 Å². The van der Waals surface area contributed by atoms with Crippen LogP contribution in [-0.2, 0) is 5.54 Å². The molecule has 0 spiro atoms. The second-order valence-electron chi connectivity index (χ2n) is 5.28. The highest BCUT2D eigenvalue weighted by Crippen LogP contribution is 2.28.